The lowest BCUT2D eigenvalue weighted by Gasteiger charge is -2.21. The maximum Gasteiger partial charge on any atom is 0.169 e. The second-order valence-corrected chi connectivity index (χ2v) is 11.7. The third kappa shape index (κ3) is 7.34. The zero-order valence-electron chi connectivity index (χ0n) is 25.5. The van der Waals surface area contributed by atoms with E-state index >= 15 is 0 Å². The number of aliphatic hydroxyl groups excluding tert-OH is 2. The molecule has 0 amide bonds. The van der Waals surface area contributed by atoms with E-state index in [1.165, 1.54) is 0 Å². The molecule has 0 atom stereocenters. The van der Waals surface area contributed by atoms with Gasteiger partial charge in [0.15, 0.2) is 11.5 Å². The van der Waals surface area contributed by atoms with E-state index < -0.39 is 0 Å². The van der Waals surface area contributed by atoms with Crippen molar-refractivity contribution < 1.29 is 30.3 Å². The summed E-state index contributed by atoms with van der Waals surface area (Å²) in [5.74, 6) is 1.32. The van der Waals surface area contributed by atoms with Gasteiger partial charge in [-0.1, -0.05) is 42.5 Å². The van der Waals surface area contributed by atoms with Crippen LogP contribution in [-0.4, -0.2) is 75.7 Å². The van der Waals surface area contributed by atoms with Crippen LogP contribution < -0.4 is 4.74 Å². The van der Waals surface area contributed by atoms with Crippen LogP contribution in [0.3, 0.4) is 0 Å². The Bertz CT molecular complexity index is 1590. The van der Waals surface area contributed by atoms with Crippen LogP contribution in [0.2, 0.25) is 0 Å². The average molecular weight is 599 g/mol. The molecule has 8 heteroatoms. The van der Waals surface area contributed by atoms with Crippen molar-refractivity contribution in [1.29, 1.82) is 0 Å². The zero-order chi connectivity index (χ0) is 31.2. The standard InChI is InChI=1S/C36H42N2O6/c1-37(15-17-39)22-28-11-10-27-9-5-24-6-12-30(13-7-24)44-33-21-26(19-29(35(33)42)23-38(2)16-18-40)4-3-25-8-14-31(32(41)20-25)34(27)36(28)43/h6-8,10-14,19-21,39-43H,3-5,9,15-18,22-23H2,1-2H3. The van der Waals surface area contributed by atoms with Gasteiger partial charge in [0.2, 0.25) is 0 Å². The first-order chi connectivity index (χ1) is 21.2. The molecule has 0 saturated heterocycles. The predicted octanol–water partition coefficient (Wildman–Crippen LogP) is 4.99. The van der Waals surface area contributed by atoms with Crippen LogP contribution in [0.15, 0.2) is 66.7 Å². The zero-order valence-corrected chi connectivity index (χ0v) is 25.5. The molecule has 0 spiro atoms. The van der Waals surface area contributed by atoms with Gasteiger partial charge in [-0.05, 0) is 86.3 Å². The summed E-state index contributed by atoms with van der Waals surface area (Å²) in [5, 5.41) is 52.6. The van der Waals surface area contributed by atoms with E-state index in [-0.39, 0.29) is 30.5 Å². The summed E-state index contributed by atoms with van der Waals surface area (Å²) in [5.41, 5.74) is 6.59. The lowest BCUT2D eigenvalue weighted by Crippen LogP contribution is -2.21. The minimum Gasteiger partial charge on any atom is -0.507 e. The maximum atomic E-state index is 11.5. The van der Waals surface area contributed by atoms with Crippen molar-refractivity contribution in [1.82, 2.24) is 9.80 Å². The first-order valence-corrected chi connectivity index (χ1v) is 15.1. The van der Waals surface area contributed by atoms with Crippen molar-refractivity contribution in [3.63, 3.8) is 0 Å². The first kappa shape index (κ1) is 31.3. The summed E-state index contributed by atoms with van der Waals surface area (Å²) >= 11 is 0. The molecular formula is C36H42N2O6. The van der Waals surface area contributed by atoms with Crippen molar-refractivity contribution in [2.45, 2.75) is 38.8 Å². The van der Waals surface area contributed by atoms with Gasteiger partial charge in [0, 0.05) is 48.4 Å². The Morgan fingerprint density at radius 3 is 1.95 bits per heavy atom. The fourth-order valence-corrected chi connectivity index (χ4v) is 5.83. The fraction of sp³-hybridized carbons (Fsp3) is 0.333. The number of rotatable bonds is 8. The van der Waals surface area contributed by atoms with E-state index in [0.717, 1.165) is 27.8 Å². The summed E-state index contributed by atoms with van der Waals surface area (Å²) in [6, 6.07) is 21.2. The molecule has 44 heavy (non-hydrogen) atoms. The van der Waals surface area contributed by atoms with Crippen LogP contribution in [0.1, 0.15) is 33.4 Å². The summed E-state index contributed by atoms with van der Waals surface area (Å²) in [6.45, 7) is 1.93. The molecule has 0 aliphatic carbocycles. The Balaban J connectivity index is 1.56. The molecule has 0 saturated carbocycles. The molecule has 4 heterocycles. The van der Waals surface area contributed by atoms with Crippen LogP contribution in [0, 0.1) is 0 Å². The van der Waals surface area contributed by atoms with E-state index in [1.807, 2.05) is 84.6 Å². The highest BCUT2D eigenvalue weighted by molar-refractivity contribution is 5.80. The van der Waals surface area contributed by atoms with E-state index in [1.54, 1.807) is 6.07 Å². The number of aryl methyl sites for hydroxylation is 4. The number of hydrogen-bond acceptors (Lipinski definition) is 8. The highest BCUT2D eigenvalue weighted by Gasteiger charge is 2.20. The molecule has 0 aromatic heterocycles. The van der Waals surface area contributed by atoms with Crippen LogP contribution in [-0.2, 0) is 38.8 Å². The van der Waals surface area contributed by atoms with Gasteiger partial charge >= 0.3 is 0 Å². The van der Waals surface area contributed by atoms with Gasteiger partial charge in [-0.25, -0.2) is 0 Å². The largest absolute Gasteiger partial charge is 0.507 e. The number of ether oxygens (including phenoxy) is 1. The molecule has 0 unspecified atom stereocenters. The number of benzene rings is 4. The molecule has 8 rings (SSSR count). The van der Waals surface area contributed by atoms with Gasteiger partial charge in [-0.2, -0.15) is 0 Å². The lowest BCUT2D eigenvalue weighted by atomic mass is 9.90. The number of nitrogens with zero attached hydrogens (tertiary/aromatic N) is 2. The molecule has 4 aliphatic rings. The second-order valence-electron chi connectivity index (χ2n) is 11.7. The predicted molar refractivity (Wildman–Crippen MR) is 171 cm³/mol. The van der Waals surface area contributed by atoms with Gasteiger partial charge in [-0.15, -0.1) is 0 Å². The molecular weight excluding hydrogens is 556 g/mol. The van der Waals surface area contributed by atoms with Crippen molar-refractivity contribution in [2.75, 3.05) is 40.4 Å². The Morgan fingerprint density at radius 2 is 1.27 bits per heavy atom. The van der Waals surface area contributed by atoms with Gasteiger partial charge < -0.3 is 30.3 Å². The van der Waals surface area contributed by atoms with Crippen LogP contribution in [0.5, 0.6) is 28.7 Å². The van der Waals surface area contributed by atoms with Crippen molar-refractivity contribution in [3.05, 3.63) is 100 Å². The molecule has 6 bridgehead atoms. The third-order valence-corrected chi connectivity index (χ3v) is 8.27. The normalized spacial score (nSPS) is 13.1. The SMILES string of the molecule is CN(CCO)Cc1cc2cc(c1O)Oc1ccc(cc1)CCc1ccc(CN(C)CCO)c(O)c1-c1ccc(cc1O)CC2. The molecule has 4 aromatic rings. The minimum atomic E-state index is 0.0243. The van der Waals surface area contributed by atoms with E-state index in [2.05, 4.69) is 0 Å². The molecule has 232 valence electrons. The third-order valence-electron chi connectivity index (χ3n) is 8.27. The van der Waals surface area contributed by atoms with Crippen molar-refractivity contribution in [3.8, 4) is 39.9 Å². The number of aromatic hydroxyl groups is 3. The minimum absolute atomic E-state index is 0.0243. The van der Waals surface area contributed by atoms with Crippen LogP contribution in [0.4, 0.5) is 0 Å². The average Bonchev–Trinajstić information content (AvgIpc) is 2.99. The Morgan fingerprint density at radius 1 is 0.636 bits per heavy atom. The van der Waals surface area contributed by atoms with Crippen LogP contribution >= 0.6 is 0 Å². The molecule has 0 fully saturated rings. The maximum absolute atomic E-state index is 11.5. The smallest absolute Gasteiger partial charge is 0.169 e. The summed E-state index contributed by atoms with van der Waals surface area (Å²) in [7, 11) is 3.79. The first-order valence-electron chi connectivity index (χ1n) is 15.1. The molecule has 0 radical (unpaired) electrons. The number of likely N-dealkylation sites (N-methyl/N-ethyl adjacent to an activating group) is 2. The van der Waals surface area contributed by atoms with Crippen LogP contribution in [0.25, 0.3) is 11.1 Å². The number of aliphatic hydroxyl groups is 2. The summed E-state index contributed by atoms with van der Waals surface area (Å²) in [6.07, 6.45) is 2.64. The monoisotopic (exact) mass is 598 g/mol. The summed E-state index contributed by atoms with van der Waals surface area (Å²) in [4.78, 5) is 3.88. The molecule has 4 aliphatic heterocycles. The van der Waals surface area contributed by atoms with E-state index in [4.69, 9.17) is 4.74 Å². The van der Waals surface area contributed by atoms with Gasteiger partial charge in [0.25, 0.3) is 0 Å². The highest BCUT2D eigenvalue weighted by atomic mass is 16.5. The Kier molecular flexibility index (Phi) is 10.1. The highest BCUT2D eigenvalue weighted by Crippen LogP contribution is 2.42. The topological polar surface area (TPSA) is 117 Å². The molecule has 4 aromatic carbocycles. The van der Waals surface area contributed by atoms with E-state index in [0.29, 0.717) is 80.1 Å². The van der Waals surface area contributed by atoms with Gasteiger partial charge in [-0.3, -0.25) is 9.80 Å². The Labute approximate surface area is 259 Å². The number of phenols is 3. The van der Waals surface area contributed by atoms with Gasteiger partial charge in [0.1, 0.15) is 17.2 Å². The van der Waals surface area contributed by atoms with Crippen molar-refractivity contribution in [2.24, 2.45) is 0 Å². The Hall–Kier alpha value is -4.08. The molecule has 8 nitrogen and oxygen atoms in total. The quantitative estimate of drug-likeness (QED) is 0.193. The van der Waals surface area contributed by atoms with E-state index in [9.17, 15) is 25.5 Å². The fourth-order valence-electron chi connectivity index (χ4n) is 5.83. The van der Waals surface area contributed by atoms with Crippen molar-refractivity contribution >= 4 is 0 Å². The lowest BCUT2D eigenvalue weighted by molar-refractivity contribution is 0.215. The second kappa shape index (κ2) is 14.1. The van der Waals surface area contributed by atoms with Gasteiger partial charge in [0.05, 0.1) is 13.2 Å². The number of phenolic OH excluding ortho intramolecular Hbond substituents is 3. The molecule has 5 N–H and O–H groups in total. The number of hydrogen-bond donors (Lipinski definition) is 5. The summed E-state index contributed by atoms with van der Waals surface area (Å²) < 4.78 is 6.20.